The van der Waals surface area contributed by atoms with E-state index in [-0.39, 0.29) is 17.4 Å². The lowest BCUT2D eigenvalue weighted by molar-refractivity contribution is -0.117. The van der Waals surface area contributed by atoms with E-state index in [1.165, 1.54) is 11.7 Å². The fourth-order valence-electron chi connectivity index (χ4n) is 4.05. The molecule has 1 aromatic heterocycles. The van der Waals surface area contributed by atoms with Crippen molar-refractivity contribution in [2.75, 3.05) is 37.6 Å². The van der Waals surface area contributed by atoms with Crippen molar-refractivity contribution in [1.82, 2.24) is 9.55 Å². The lowest BCUT2D eigenvalue weighted by atomic mass is 10.1. The van der Waals surface area contributed by atoms with Crippen LogP contribution in [-0.2, 0) is 16.1 Å². The molecule has 1 saturated heterocycles. The topological polar surface area (TPSA) is 106 Å². The zero-order chi connectivity index (χ0) is 24.2. The minimum Gasteiger partial charge on any atom is -0.494 e. The Labute approximate surface area is 201 Å². The lowest BCUT2D eigenvalue weighted by Crippen LogP contribution is -2.24. The number of hydrogen-bond donors (Lipinski definition) is 2. The van der Waals surface area contributed by atoms with Crippen LogP contribution in [0.3, 0.4) is 0 Å². The SMILES string of the molecule is COCCCn1c(=S)[nH]c2cc(C(=O)Nc3ccc(N4CCCC4=O)c(OC)c3)ccc2c1=O. The number of carbonyl (C=O) groups is 2. The molecule has 2 heterocycles. The molecule has 1 fully saturated rings. The highest BCUT2D eigenvalue weighted by Crippen LogP contribution is 2.34. The summed E-state index contributed by atoms with van der Waals surface area (Å²) in [5.41, 5.74) is 1.86. The summed E-state index contributed by atoms with van der Waals surface area (Å²) >= 11 is 5.35. The van der Waals surface area contributed by atoms with E-state index in [0.29, 0.717) is 70.9 Å². The third-order valence-corrected chi connectivity index (χ3v) is 6.10. The van der Waals surface area contributed by atoms with Crippen LogP contribution in [0.1, 0.15) is 29.6 Å². The summed E-state index contributed by atoms with van der Waals surface area (Å²) in [6, 6.07) is 10.0. The molecule has 34 heavy (non-hydrogen) atoms. The average Bonchev–Trinajstić information content (AvgIpc) is 3.26. The molecule has 3 aromatic rings. The summed E-state index contributed by atoms with van der Waals surface area (Å²) < 4.78 is 12.3. The van der Waals surface area contributed by atoms with Gasteiger partial charge in [0.15, 0.2) is 4.77 Å². The van der Waals surface area contributed by atoms with Gasteiger partial charge in [0.2, 0.25) is 5.91 Å². The number of aromatic nitrogens is 2. The van der Waals surface area contributed by atoms with Gasteiger partial charge in [-0.15, -0.1) is 0 Å². The molecule has 0 bridgehead atoms. The van der Waals surface area contributed by atoms with Crippen molar-refractivity contribution in [3.8, 4) is 5.75 Å². The van der Waals surface area contributed by atoms with Crippen LogP contribution in [-0.4, -0.2) is 48.7 Å². The van der Waals surface area contributed by atoms with Gasteiger partial charge in [0, 0.05) is 50.5 Å². The van der Waals surface area contributed by atoms with E-state index < -0.39 is 0 Å². The molecule has 2 aromatic carbocycles. The predicted octanol–water partition coefficient (Wildman–Crippen LogP) is 3.48. The molecule has 4 rings (SSSR count). The first-order valence-electron chi connectivity index (χ1n) is 11.0. The minimum atomic E-state index is -0.349. The van der Waals surface area contributed by atoms with Crippen molar-refractivity contribution in [3.05, 3.63) is 57.1 Å². The van der Waals surface area contributed by atoms with Crippen molar-refractivity contribution in [2.24, 2.45) is 0 Å². The number of fused-ring (bicyclic) bond motifs is 1. The summed E-state index contributed by atoms with van der Waals surface area (Å²) in [7, 11) is 3.13. The Morgan fingerprint density at radius 3 is 2.71 bits per heavy atom. The number of anilines is 2. The van der Waals surface area contributed by atoms with Crippen LogP contribution in [0.2, 0.25) is 0 Å². The molecule has 0 saturated carbocycles. The molecular weight excluding hydrogens is 456 g/mol. The Bertz CT molecular complexity index is 1360. The van der Waals surface area contributed by atoms with Crippen LogP contribution < -0.4 is 20.5 Å². The fourth-order valence-corrected chi connectivity index (χ4v) is 4.33. The zero-order valence-corrected chi connectivity index (χ0v) is 19.9. The number of carbonyl (C=O) groups excluding carboxylic acids is 2. The second-order valence-electron chi connectivity index (χ2n) is 7.98. The van der Waals surface area contributed by atoms with Gasteiger partial charge in [-0.1, -0.05) is 0 Å². The highest BCUT2D eigenvalue weighted by molar-refractivity contribution is 7.71. The van der Waals surface area contributed by atoms with Crippen LogP contribution in [0.5, 0.6) is 5.75 Å². The second kappa shape index (κ2) is 10.2. The Morgan fingerprint density at radius 2 is 2.00 bits per heavy atom. The minimum absolute atomic E-state index is 0.0568. The van der Waals surface area contributed by atoms with E-state index in [1.807, 2.05) is 0 Å². The molecule has 0 aliphatic carbocycles. The van der Waals surface area contributed by atoms with Gasteiger partial charge in [-0.05, 0) is 55.4 Å². The fraction of sp³-hybridized carbons (Fsp3) is 0.333. The van der Waals surface area contributed by atoms with Gasteiger partial charge in [0.25, 0.3) is 11.5 Å². The van der Waals surface area contributed by atoms with E-state index in [9.17, 15) is 14.4 Å². The average molecular weight is 483 g/mol. The number of hydrogen-bond acceptors (Lipinski definition) is 6. The molecule has 1 aliphatic rings. The number of benzene rings is 2. The molecule has 2 N–H and O–H groups in total. The van der Waals surface area contributed by atoms with Gasteiger partial charge >= 0.3 is 0 Å². The number of methoxy groups -OCH3 is 2. The molecule has 0 atom stereocenters. The second-order valence-corrected chi connectivity index (χ2v) is 8.37. The molecule has 178 valence electrons. The zero-order valence-electron chi connectivity index (χ0n) is 19.1. The number of nitrogens with one attached hydrogen (secondary N) is 2. The van der Waals surface area contributed by atoms with Crippen molar-refractivity contribution in [3.63, 3.8) is 0 Å². The van der Waals surface area contributed by atoms with E-state index in [1.54, 1.807) is 48.4 Å². The Balaban J connectivity index is 1.57. The summed E-state index contributed by atoms with van der Waals surface area (Å²) in [5.74, 6) is 0.212. The van der Waals surface area contributed by atoms with Crippen LogP contribution in [0, 0.1) is 4.77 Å². The molecule has 10 heteroatoms. The quantitative estimate of drug-likeness (QED) is 0.376. The number of H-pyrrole nitrogens is 1. The van der Waals surface area contributed by atoms with Crippen molar-refractivity contribution < 1.29 is 19.1 Å². The molecule has 9 nitrogen and oxygen atoms in total. The monoisotopic (exact) mass is 482 g/mol. The summed E-state index contributed by atoms with van der Waals surface area (Å²) in [4.78, 5) is 42.6. The molecule has 2 amide bonds. The first kappa shape index (κ1) is 23.7. The standard InChI is InChI=1S/C24H26N4O5S/c1-32-12-4-11-28-23(31)17-8-6-15(13-18(17)26-24(28)34)22(30)25-16-7-9-19(20(14-16)33-2)27-10-3-5-21(27)29/h6-9,13-14H,3-5,10-12H2,1-2H3,(H,25,30)(H,26,34). The van der Waals surface area contributed by atoms with Gasteiger partial charge in [0.05, 0.1) is 23.7 Å². The smallest absolute Gasteiger partial charge is 0.262 e. The first-order valence-corrected chi connectivity index (χ1v) is 11.4. The maximum Gasteiger partial charge on any atom is 0.262 e. The largest absolute Gasteiger partial charge is 0.494 e. The molecule has 1 aliphatic heterocycles. The van der Waals surface area contributed by atoms with Crippen LogP contribution in [0.4, 0.5) is 11.4 Å². The van der Waals surface area contributed by atoms with Crippen LogP contribution in [0.15, 0.2) is 41.2 Å². The van der Waals surface area contributed by atoms with Crippen LogP contribution in [0.25, 0.3) is 10.9 Å². The van der Waals surface area contributed by atoms with E-state index in [0.717, 1.165) is 6.42 Å². The Kier molecular flexibility index (Phi) is 7.09. The molecule has 0 spiro atoms. The van der Waals surface area contributed by atoms with Gasteiger partial charge < -0.3 is 24.7 Å². The van der Waals surface area contributed by atoms with E-state index >= 15 is 0 Å². The Morgan fingerprint density at radius 1 is 1.18 bits per heavy atom. The maximum absolute atomic E-state index is 12.9. The molecule has 0 unspecified atom stereocenters. The van der Waals surface area contributed by atoms with Crippen molar-refractivity contribution >= 4 is 46.3 Å². The lowest BCUT2D eigenvalue weighted by Gasteiger charge is -2.19. The van der Waals surface area contributed by atoms with Gasteiger partial charge in [-0.2, -0.15) is 0 Å². The number of amides is 2. The van der Waals surface area contributed by atoms with Gasteiger partial charge in [0.1, 0.15) is 5.75 Å². The third kappa shape index (κ3) is 4.73. The molecular formula is C24H26N4O5S. The number of rotatable bonds is 8. The third-order valence-electron chi connectivity index (χ3n) is 5.78. The highest BCUT2D eigenvalue weighted by Gasteiger charge is 2.24. The van der Waals surface area contributed by atoms with Crippen molar-refractivity contribution in [2.45, 2.75) is 25.8 Å². The number of nitrogens with zero attached hydrogens (tertiary/aromatic N) is 2. The predicted molar refractivity (Wildman–Crippen MR) is 132 cm³/mol. The van der Waals surface area contributed by atoms with Crippen LogP contribution >= 0.6 is 12.2 Å². The normalized spacial score (nSPS) is 13.5. The number of ether oxygens (including phenoxy) is 2. The van der Waals surface area contributed by atoms with Gasteiger partial charge in [-0.25, -0.2) is 0 Å². The first-order chi connectivity index (χ1) is 16.4. The van der Waals surface area contributed by atoms with Crippen molar-refractivity contribution in [1.29, 1.82) is 0 Å². The highest BCUT2D eigenvalue weighted by atomic mass is 32.1. The maximum atomic E-state index is 12.9. The summed E-state index contributed by atoms with van der Waals surface area (Å²) in [6.07, 6.45) is 1.99. The van der Waals surface area contributed by atoms with Gasteiger partial charge in [-0.3, -0.25) is 19.0 Å². The summed E-state index contributed by atoms with van der Waals surface area (Å²) in [6.45, 7) is 1.62. The number of aromatic amines is 1. The van der Waals surface area contributed by atoms with E-state index in [4.69, 9.17) is 21.7 Å². The van der Waals surface area contributed by atoms with E-state index in [2.05, 4.69) is 10.3 Å². The Hall–Kier alpha value is -3.50. The molecule has 0 radical (unpaired) electrons. The summed E-state index contributed by atoms with van der Waals surface area (Å²) in [5, 5.41) is 3.29.